The summed E-state index contributed by atoms with van der Waals surface area (Å²) in [5.41, 5.74) is -0.176. The fourth-order valence-electron chi connectivity index (χ4n) is 2.46. The maximum Gasteiger partial charge on any atom is 0.349 e. The smallest absolute Gasteiger partial charge is 0.349 e. The van der Waals surface area contributed by atoms with Crippen molar-refractivity contribution in [3.05, 3.63) is 68.9 Å². The number of esters is 1. The van der Waals surface area contributed by atoms with E-state index in [2.05, 4.69) is 14.8 Å². The Labute approximate surface area is 158 Å². The van der Waals surface area contributed by atoms with Crippen LogP contribution in [0.3, 0.4) is 0 Å². The number of hydrogen-bond acceptors (Lipinski definition) is 7. The highest BCUT2D eigenvalue weighted by molar-refractivity contribution is 5.81. The van der Waals surface area contributed by atoms with Crippen molar-refractivity contribution in [1.82, 2.24) is 9.66 Å². The quantitative estimate of drug-likeness (QED) is 0.504. The van der Waals surface area contributed by atoms with Gasteiger partial charge in [0.25, 0.3) is 5.56 Å². The number of aromatic amines is 1. The maximum atomic E-state index is 12.5. The van der Waals surface area contributed by atoms with Gasteiger partial charge in [0.15, 0.2) is 18.1 Å². The fourth-order valence-corrected chi connectivity index (χ4v) is 2.46. The maximum absolute atomic E-state index is 12.5. The number of fused-ring (bicyclic) bond motifs is 1. The molecule has 0 saturated heterocycles. The van der Waals surface area contributed by atoms with Gasteiger partial charge in [-0.1, -0.05) is 12.1 Å². The van der Waals surface area contributed by atoms with Crippen molar-refractivity contribution in [2.75, 3.05) is 20.8 Å². The first-order valence-corrected chi connectivity index (χ1v) is 8.19. The molecule has 0 unspecified atom stereocenters. The van der Waals surface area contributed by atoms with Crippen LogP contribution >= 0.6 is 0 Å². The van der Waals surface area contributed by atoms with Gasteiger partial charge in [0, 0.05) is 0 Å². The van der Waals surface area contributed by atoms with Crippen molar-refractivity contribution in [2.45, 2.75) is 0 Å². The third-order valence-electron chi connectivity index (χ3n) is 3.87. The predicted octanol–water partition coefficient (Wildman–Crippen LogP) is 1.13. The zero-order valence-electron chi connectivity index (χ0n) is 15.2. The molecular formula is C19H17N3O6. The summed E-state index contributed by atoms with van der Waals surface area (Å²) in [5, 5.41) is 4.33. The Hall–Kier alpha value is -3.88. The number of ether oxygens (including phenoxy) is 3. The molecule has 1 heterocycles. The molecular weight excluding hydrogens is 366 g/mol. The molecule has 0 amide bonds. The van der Waals surface area contributed by atoms with E-state index in [1.165, 1.54) is 20.4 Å². The van der Waals surface area contributed by atoms with Gasteiger partial charge in [-0.15, -0.1) is 4.68 Å². The van der Waals surface area contributed by atoms with E-state index in [0.29, 0.717) is 28.0 Å². The van der Waals surface area contributed by atoms with E-state index in [0.717, 1.165) is 4.68 Å². The Balaban J connectivity index is 1.90. The van der Waals surface area contributed by atoms with Gasteiger partial charge in [-0.05, 0) is 35.9 Å². The summed E-state index contributed by atoms with van der Waals surface area (Å²) in [7, 11) is 2.71. The lowest BCUT2D eigenvalue weighted by Gasteiger charge is -2.10. The molecule has 0 spiro atoms. The van der Waals surface area contributed by atoms with Crippen LogP contribution in [0, 0.1) is 0 Å². The van der Waals surface area contributed by atoms with Crippen LogP contribution in [0.25, 0.3) is 10.9 Å². The van der Waals surface area contributed by atoms with Crippen LogP contribution in [-0.4, -0.2) is 42.7 Å². The Bertz CT molecular complexity index is 1160. The second-order valence-corrected chi connectivity index (χ2v) is 5.61. The highest BCUT2D eigenvalue weighted by Crippen LogP contribution is 2.27. The monoisotopic (exact) mass is 383 g/mol. The van der Waals surface area contributed by atoms with Crippen molar-refractivity contribution in [2.24, 2.45) is 5.10 Å². The third kappa shape index (κ3) is 3.93. The second kappa shape index (κ2) is 8.21. The van der Waals surface area contributed by atoms with Gasteiger partial charge in [-0.3, -0.25) is 4.79 Å². The highest BCUT2D eigenvalue weighted by Gasteiger charge is 2.09. The largest absolute Gasteiger partial charge is 0.493 e. The predicted molar refractivity (Wildman–Crippen MR) is 102 cm³/mol. The van der Waals surface area contributed by atoms with E-state index in [1.807, 2.05) is 0 Å². The van der Waals surface area contributed by atoms with Crippen molar-refractivity contribution in [3.63, 3.8) is 0 Å². The molecule has 144 valence electrons. The molecule has 0 radical (unpaired) electrons. The van der Waals surface area contributed by atoms with Crippen LogP contribution < -0.4 is 20.7 Å². The van der Waals surface area contributed by atoms with E-state index in [9.17, 15) is 14.4 Å². The molecule has 3 rings (SSSR count). The van der Waals surface area contributed by atoms with E-state index in [4.69, 9.17) is 9.47 Å². The molecule has 0 saturated carbocycles. The van der Waals surface area contributed by atoms with E-state index in [1.54, 1.807) is 42.5 Å². The molecule has 9 heteroatoms. The molecule has 2 aromatic carbocycles. The number of hydrogen-bond donors (Lipinski definition) is 1. The molecule has 0 atom stereocenters. The number of nitrogens with zero attached hydrogens (tertiary/aromatic N) is 2. The first-order valence-electron chi connectivity index (χ1n) is 8.19. The lowest BCUT2D eigenvalue weighted by Crippen LogP contribution is -2.32. The van der Waals surface area contributed by atoms with Crippen LogP contribution in [0.4, 0.5) is 0 Å². The number of aromatic nitrogens is 2. The van der Waals surface area contributed by atoms with Gasteiger partial charge >= 0.3 is 11.7 Å². The third-order valence-corrected chi connectivity index (χ3v) is 3.87. The summed E-state index contributed by atoms with van der Waals surface area (Å²) in [5.74, 6) is 0.168. The van der Waals surface area contributed by atoms with Gasteiger partial charge < -0.3 is 19.2 Å². The minimum atomic E-state index is -0.648. The summed E-state index contributed by atoms with van der Waals surface area (Å²) < 4.78 is 15.8. The van der Waals surface area contributed by atoms with Crippen LogP contribution in [-0.2, 0) is 9.53 Å². The molecule has 0 fully saturated rings. The van der Waals surface area contributed by atoms with Crippen LogP contribution in [0.5, 0.6) is 11.5 Å². The first kappa shape index (κ1) is 18.9. The van der Waals surface area contributed by atoms with Crippen LogP contribution in [0.2, 0.25) is 0 Å². The number of nitrogens with one attached hydrogen (secondary N) is 1. The summed E-state index contributed by atoms with van der Waals surface area (Å²) in [6.07, 6.45) is 1.35. The lowest BCUT2D eigenvalue weighted by atomic mass is 10.2. The molecule has 0 aliphatic rings. The van der Waals surface area contributed by atoms with Crippen molar-refractivity contribution < 1.29 is 19.0 Å². The Kier molecular flexibility index (Phi) is 5.54. The minimum Gasteiger partial charge on any atom is -0.493 e. The lowest BCUT2D eigenvalue weighted by molar-refractivity contribution is -0.142. The summed E-state index contributed by atoms with van der Waals surface area (Å²) >= 11 is 0. The molecule has 9 nitrogen and oxygen atoms in total. The van der Waals surface area contributed by atoms with Gasteiger partial charge in [0.1, 0.15) is 0 Å². The second-order valence-electron chi connectivity index (χ2n) is 5.61. The average Bonchev–Trinajstić information content (AvgIpc) is 2.72. The SMILES string of the molecule is COC(=O)COc1ccc(C=Nn2c(=O)[nH]c3ccccc3c2=O)cc1OC. The van der Waals surface area contributed by atoms with Gasteiger partial charge in [0.05, 0.1) is 31.3 Å². The van der Waals surface area contributed by atoms with Crippen molar-refractivity contribution >= 4 is 23.1 Å². The number of methoxy groups -OCH3 is 2. The molecule has 0 aliphatic carbocycles. The van der Waals surface area contributed by atoms with Crippen molar-refractivity contribution in [3.8, 4) is 11.5 Å². The topological polar surface area (TPSA) is 112 Å². The molecule has 0 aliphatic heterocycles. The molecule has 0 bridgehead atoms. The molecule has 3 aromatic rings. The first-order chi connectivity index (χ1) is 13.5. The van der Waals surface area contributed by atoms with Gasteiger partial charge in [-0.25, -0.2) is 9.59 Å². The fraction of sp³-hybridized carbons (Fsp3) is 0.158. The number of para-hydroxylation sites is 1. The molecule has 28 heavy (non-hydrogen) atoms. The van der Waals surface area contributed by atoms with E-state index < -0.39 is 17.2 Å². The van der Waals surface area contributed by atoms with Gasteiger partial charge in [-0.2, -0.15) is 5.10 Å². The number of H-pyrrole nitrogens is 1. The number of carbonyl (C=O) groups excluding carboxylic acids is 1. The van der Waals surface area contributed by atoms with E-state index >= 15 is 0 Å². The normalized spacial score (nSPS) is 10.9. The molecule has 1 N–H and O–H groups in total. The van der Waals surface area contributed by atoms with Crippen LogP contribution in [0.15, 0.2) is 57.2 Å². The highest BCUT2D eigenvalue weighted by atomic mass is 16.6. The standard InChI is InChI=1S/C19H17N3O6/c1-26-16-9-12(7-8-15(16)28-11-17(23)27-2)10-20-22-18(24)13-5-3-4-6-14(13)21-19(22)25/h3-10H,11H2,1-2H3,(H,21,25). The van der Waals surface area contributed by atoms with Gasteiger partial charge in [0.2, 0.25) is 0 Å². The molecule has 1 aromatic heterocycles. The minimum absolute atomic E-state index is 0.262. The number of carbonyl (C=O) groups is 1. The summed E-state index contributed by atoms with van der Waals surface area (Å²) in [4.78, 5) is 38.4. The number of benzene rings is 2. The Morgan fingerprint density at radius 3 is 2.68 bits per heavy atom. The van der Waals surface area contributed by atoms with Crippen molar-refractivity contribution in [1.29, 1.82) is 0 Å². The zero-order valence-corrected chi connectivity index (χ0v) is 15.2. The number of rotatable bonds is 6. The zero-order chi connectivity index (χ0) is 20.1. The van der Waals surface area contributed by atoms with E-state index in [-0.39, 0.29) is 6.61 Å². The Morgan fingerprint density at radius 1 is 1.14 bits per heavy atom. The summed E-state index contributed by atoms with van der Waals surface area (Å²) in [6, 6.07) is 11.5. The van der Waals surface area contributed by atoms with Crippen LogP contribution in [0.1, 0.15) is 5.56 Å². The average molecular weight is 383 g/mol. The summed E-state index contributed by atoms with van der Waals surface area (Å²) in [6.45, 7) is -0.262. The Morgan fingerprint density at radius 2 is 1.93 bits per heavy atom.